The van der Waals surface area contributed by atoms with Crippen molar-refractivity contribution in [2.75, 3.05) is 6.54 Å². The predicted octanol–water partition coefficient (Wildman–Crippen LogP) is 4.24. The van der Waals surface area contributed by atoms with Crippen LogP contribution in [-0.2, 0) is 6.42 Å². The van der Waals surface area contributed by atoms with Crippen LogP contribution >= 0.6 is 0 Å². The molecule has 0 unspecified atom stereocenters. The van der Waals surface area contributed by atoms with E-state index < -0.39 is 0 Å². The molecular formula is C21H22FN3O. The molecule has 0 saturated heterocycles. The van der Waals surface area contributed by atoms with E-state index in [-0.39, 0.29) is 18.0 Å². The maximum atomic E-state index is 14.5. The average molecular weight is 351 g/mol. The zero-order valence-electron chi connectivity index (χ0n) is 14.9. The fraction of sp³-hybridized carbons (Fsp3) is 0.286. The van der Waals surface area contributed by atoms with Crippen LogP contribution in [0, 0.1) is 5.82 Å². The Kier molecular flexibility index (Phi) is 4.47. The first-order chi connectivity index (χ1) is 12.6. The molecule has 0 saturated carbocycles. The molecule has 1 aliphatic rings. The molecule has 2 aromatic carbocycles. The van der Waals surface area contributed by atoms with Crippen molar-refractivity contribution in [2.45, 2.75) is 32.4 Å². The molecule has 2 heterocycles. The Hall–Kier alpha value is -2.66. The van der Waals surface area contributed by atoms with Gasteiger partial charge in [0.05, 0.1) is 29.7 Å². The summed E-state index contributed by atoms with van der Waals surface area (Å²) in [5.74, 6) is 0.291. The summed E-state index contributed by atoms with van der Waals surface area (Å²) in [5.41, 5.74) is 4.65. The van der Waals surface area contributed by atoms with Crippen molar-refractivity contribution in [3.63, 3.8) is 0 Å². The third kappa shape index (κ3) is 3.10. The van der Waals surface area contributed by atoms with Crippen molar-refractivity contribution >= 4 is 0 Å². The van der Waals surface area contributed by atoms with Gasteiger partial charge in [-0.25, -0.2) is 9.37 Å². The van der Waals surface area contributed by atoms with Crippen LogP contribution in [0.2, 0.25) is 0 Å². The number of rotatable bonds is 4. The van der Waals surface area contributed by atoms with Crippen LogP contribution < -0.4 is 10.1 Å². The molecule has 26 heavy (non-hydrogen) atoms. The van der Waals surface area contributed by atoms with Gasteiger partial charge in [-0.15, -0.1) is 0 Å². The van der Waals surface area contributed by atoms with Crippen molar-refractivity contribution in [1.82, 2.24) is 15.3 Å². The first-order valence-corrected chi connectivity index (χ1v) is 8.94. The highest BCUT2D eigenvalue weighted by molar-refractivity contribution is 5.71. The largest absolute Gasteiger partial charge is 0.490 e. The first-order valence-electron chi connectivity index (χ1n) is 8.94. The molecule has 3 aromatic rings. The standard InChI is InChI=1S/C21H22FN3O/c1-13(2)26-18-5-3-4-16(22)19(18)14-6-8-15(9-7-14)20-21-17(10-11-23-20)24-12-25-21/h3-9,12-13,20,23H,10-11H2,1-2H3,(H,24,25)/t20-/m1/s1. The number of imidazole rings is 1. The molecule has 4 rings (SSSR count). The SMILES string of the molecule is CC(C)Oc1cccc(F)c1-c1ccc([C@H]2NCCc3[nH]cnc32)cc1. The molecule has 1 aromatic heterocycles. The average Bonchev–Trinajstić information content (AvgIpc) is 3.10. The molecular weight excluding hydrogens is 329 g/mol. The van der Waals surface area contributed by atoms with Gasteiger partial charge in [0.1, 0.15) is 11.6 Å². The minimum absolute atomic E-state index is 0.0145. The summed E-state index contributed by atoms with van der Waals surface area (Å²) in [5, 5.41) is 3.50. The number of H-pyrrole nitrogens is 1. The minimum Gasteiger partial charge on any atom is -0.490 e. The summed E-state index contributed by atoms with van der Waals surface area (Å²) in [6, 6.07) is 13.0. The quantitative estimate of drug-likeness (QED) is 0.739. The molecule has 1 aliphatic heterocycles. The van der Waals surface area contributed by atoms with E-state index >= 15 is 0 Å². The van der Waals surface area contributed by atoms with Crippen LogP contribution in [0.5, 0.6) is 5.75 Å². The van der Waals surface area contributed by atoms with Crippen LogP contribution in [0.4, 0.5) is 4.39 Å². The van der Waals surface area contributed by atoms with Crippen LogP contribution in [0.3, 0.4) is 0 Å². The fourth-order valence-electron chi connectivity index (χ4n) is 3.47. The number of hydrogen-bond donors (Lipinski definition) is 2. The van der Waals surface area contributed by atoms with E-state index in [4.69, 9.17) is 4.74 Å². The van der Waals surface area contributed by atoms with Crippen molar-refractivity contribution in [2.24, 2.45) is 0 Å². The van der Waals surface area contributed by atoms with Gasteiger partial charge in [-0.2, -0.15) is 0 Å². The zero-order chi connectivity index (χ0) is 18.1. The van der Waals surface area contributed by atoms with Gasteiger partial charge >= 0.3 is 0 Å². The van der Waals surface area contributed by atoms with E-state index in [0.717, 1.165) is 29.8 Å². The predicted molar refractivity (Wildman–Crippen MR) is 99.7 cm³/mol. The van der Waals surface area contributed by atoms with E-state index in [9.17, 15) is 4.39 Å². The molecule has 0 fully saturated rings. The summed E-state index contributed by atoms with van der Waals surface area (Å²) in [7, 11) is 0. The third-order valence-corrected chi connectivity index (χ3v) is 4.62. The summed E-state index contributed by atoms with van der Waals surface area (Å²) < 4.78 is 20.3. The van der Waals surface area contributed by atoms with E-state index in [1.807, 2.05) is 44.2 Å². The Morgan fingerprint density at radius 3 is 2.73 bits per heavy atom. The molecule has 5 heteroatoms. The van der Waals surface area contributed by atoms with Gasteiger partial charge in [0.15, 0.2) is 0 Å². The summed E-state index contributed by atoms with van der Waals surface area (Å²) in [6.07, 6.45) is 2.68. The Bertz CT molecular complexity index is 902. The first kappa shape index (κ1) is 16.8. The molecule has 0 aliphatic carbocycles. The maximum absolute atomic E-state index is 14.5. The van der Waals surface area contributed by atoms with Gasteiger partial charge in [-0.1, -0.05) is 30.3 Å². The zero-order valence-corrected chi connectivity index (χ0v) is 14.9. The number of benzene rings is 2. The van der Waals surface area contributed by atoms with Gasteiger partial charge in [0.25, 0.3) is 0 Å². The smallest absolute Gasteiger partial charge is 0.134 e. The molecule has 134 valence electrons. The van der Waals surface area contributed by atoms with Gasteiger partial charge in [0.2, 0.25) is 0 Å². The van der Waals surface area contributed by atoms with E-state index in [1.165, 1.54) is 11.8 Å². The van der Waals surface area contributed by atoms with Gasteiger partial charge in [-0.3, -0.25) is 0 Å². The molecule has 1 atom stereocenters. The molecule has 0 bridgehead atoms. The number of nitrogens with zero attached hydrogens (tertiary/aromatic N) is 1. The van der Waals surface area contributed by atoms with E-state index in [1.54, 1.807) is 12.4 Å². The molecule has 0 amide bonds. The Balaban J connectivity index is 1.68. The maximum Gasteiger partial charge on any atom is 0.134 e. The lowest BCUT2D eigenvalue weighted by Crippen LogP contribution is -2.30. The van der Waals surface area contributed by atoms with Crippen molar-refractivity contribution < 1.29 is 9.13 Å². The van der Waals surface area contributed by atoms with Crippen molar-refractivity contribution in [1.29, 1.82) is 0 Å². The Morgan fingerprint density at radius 1 is 1.15 bits per heavy atom. The normalized spacial score (nSPS) is 16.5. The Morgan fingerprint density at radius 2 is 1.96 bits per heavy atom. The molecule has 0 radical (unpaired) electrons. The monoisotopic (exact) mass is 351 g/mol. The number of nitrogens with one attached hydrogen (secondary N) is 2. The Labute approximate surface area is 152 Å². The molecule has 2 N–H and O–H groups in total. The second-order valence-corrected chi connectivity index (χ2v) is 6.81. The highest BCUT2D eigenvalue weighted by atomic mass is 19.1. The number of halogens is 1. The number of fused-ring (bicyclic) bond motifs is 1. The van der Waals surface area contributed by atoms with Gasteiger partial charge < -0.3 is 15.0 Å². The second kappa shape index (κ2) is 6.92. The fourth-order valence-corrected chi connectivity index (χ4v) is 3.47. The van der Waals surface area contributed by atoms with Crippen molar-refractivity contribution in [3.8, 4) is 16.9 Å². The lowest BCUT2D eigenvalue weighted by Gasteiger charge is -2.23. The topological polar surface area (TPSA) is 49.9 Å². The summed E-state index contributed by atoms with van der Waals surface area (Å²) in [4.78, 5) is 7.67. The lowest BCUT2D eigenvalue weighted by atomic mass is 9.95. The second-order valence-electron chi connectivity index (χ2n) is 6.81. The molecule has 4 nitrogen and oxygen atoms in total. The molecule has 0 spiro atoms. The minimum atomic E-state index is -0.277. The van der Waals surface area contributed by atoms with Crippen LogP contribution in [-0.4, -0.2) is 22.6 Å². The lowest BCUT2D eigenvalue weighted by molar-refractivity contribution is 0.242. The van der Waals surface area contributed by atoms with Crippen LogP contribution in [0.1, 0.15) is 36.8 Å². The number of ether oxygens (including phenoxy) is 1. The number of aromatic nitrogens is 2. The number of hydrogen-bond acceptors (Lipinski definition) is 3. The summed E-state index contributed by atoms with van der Waals surface area (Å²) in [6.45, 7) is 4.78. The third-order valence-electron chi connectivity index (χ3n) is 4.62. The number of aromatic amines is 1. The van der Waals surface area contributed by atoms with E-state index in [2.05, 4.69) is 15.3 Å². The summed E-state index contributed by atoms with van der Waals surface area (Å²) >= 11 is 0. The van der Waals surface area contributed by atoms with Crippen LogP contribution in [0.15, 0.2) is 48.8 Å². The highest BCUT2D eigenvalue weighted by Gasteiger charge is 2.24. The van der Waals surface area contributed by atoms with Crippen molar-refractivity contribution in [3.05, 3.63) is 71.6 Å². The van der Waals surface area contributed by atoms with Gasteiger partial charge in [-0.05, 0) is 37.1 Å². The van der Waals surface area contributed by atoms with Crippen LogP contribution in [0.25, 0.3) is 11.1 Å². The highest BCUT2D eigenvalue weighted by Crippen LogP contribution is 2.35. The van der Waals surface area contributed by atoms with Gasteiger partial charge in [0, 0.05) is 18.7 Å². The van der Waals surface area contributed by atoms with E-state index in [0.29, 0.717) is 11.3 Å².